The molecule has 212 valence electrons. The quantitative estimate of drug-likeness (QED) is 0.377. The Morgan fingerprint density at radius 2 is 1.62 bits per heavy atom. The fourth-order valence-electron chi connectivity index (χ4n) is 4.44. The van der Waals surface area contributed by atoms with Crippen molar-refractivity contribution in [3.8, 4) is 11.5 Å². The van der Waals surface area contributed by atoms with Crippen LogP contribution in [-0.2, 0) is 26.2 Å². The zero-order valence-corrected chi connectivity index (χ0v) is 23.2. The van der Waals surface area contributed by atoms with E-state index in [4.69, 9.17) is 9.47 Å². The number of benzene rings is 3. The van der Waals surface area contributed by atoms with Crippen LogP contribution in [0.25, 0.3) is 0 Å². The maximum Gasteiger partial charge on any atom is 0.264 e. The van der Waals surface area contributed by atoms with Crippen molar-refractivity contribution < 1.29 is 31.9 Å². The van der Waals surface area contributed by atoms with Crippen molar-refractivity contribution in [2.24, 2.45) is 0 Å². The smallest absolute Gasteiger partial charge is 0.264 e. The molecule has 40 heavy (non-hydrogen) atoms. The van der Waals surface area contributed by atoms with E-state index in [1.165, 1.54) is 35.2 Å². The third kappa shape index (κ3) is 6.53. The minimum absolute atomic E-state index is 0.0929. The van der Waals surface area contributed by atoms with E-state index in [0.29, 0.717) is 25.3 Å². The maximum atomic E-state index is 14.0. The zero-order chi connectivity index (χ0) is 28.7. The van der Waals surface area contributed by atoms with Gasteiger partial charge >= 0.3 is 0 Å². The summed E-state index contributed by atoms with van der Waals surface area (Å²) in [6.45, 7) is 4.03. The van der Waals surface area contributed by atoms with Crippen LogP contribution in [0.2, 0.25) is 0 Å². The van der Waals surface area contributed by atoms with Crippen molar-refractivity contribution in [2.75, 3.05) is 30.6 Å². The molecule has 11 heteroatoms. The predicted molar refractivity (Wildman–Crippen MR) is 148 cm³/mol. The third-order valence-electron chi connectivity index (χ3n) is 6.43. The van der Waals surface area contributed by atoms with E-state index >= 15 is 0 Å². The van der Waals surface area contributed by atoms with Gasteiger partial charge in [0.1, 0.15) is 31.6 Å². The van der Waals surface area contributed by atoms with Gasteiger partial charge in [-0.25, -0.2) is 12.8 Å². The number of hydrogen-bond acceptors (Lipinski definition) is 6. The lowest BCUT2D eigenvalue weighted by molar-refractivity contribution is -0.140. The summed E-state index contributed by atoms with van der Waals surface area (Å²) in [5.74, 6) is -0.800. The number of halogens is 1. The predicted octanol–water partition coefficient (Wildman–Crippen LogP) is 3.74. The van der Waals surface area contributed by atoms with Gasteiger partial charge in [-0.15, -0.1) is 0 Å². The Morgan fingerprint density at radius 1 is 0.950 bits per heavy atom. The first-order valence-electron chi connectivity index (χ1n) is 13.0. The number of carbonyl (C=O) groups excluding carboxylic acids is 2. The van der Waals surface area contributed by atoms with Gasteiger partial charge in [0.15, 0.2) is 11.5 Å². The van der Waals surface area contributed by atoms with Crippen molar-refractivity contribution in [3.63, 3.8) is 0 Å². The number of carbonyl (C=O) groups is 2. The van der Waals surface area contributed by atoms with Crippen molar-refractivity contribution in [1.29, 1.82) is 0 Å². The summed E-state index contributed by atoms with van der Waals surface area (Å²) in [7, 11) is -4.34. The summed E-state index contributed by atoms with van der Waals surface area (Å²) in [6.07, 6.45) is 0.315. The highest BCUT2D eigenvalue weighted by molar-refractivity contribution is 7.92. The standard InChI is InChI=1S/C29H32FN3O6S/c1-3-25(29(35)31-4-2)32(19-21-8-6-5-7-9-21)28(34)20-33(23-12-10-22(30)11-13-23)40(36,37)24-14-15-26-27(18-24)39-17-16-38-26/h5-15,18,25H,3-4,16-17,19-20H2,1-2H3,(H,31,35)/t25-/m0/s1. The summed E-state index contributed by atoms with van der Waals surface area (Å²) in [5, 5.41) is 2.76. The van der Waals surface area contributed by atoms with Gasteiger partial charge in [-0.05, 0) is 55.3 Å². The van der Waals surface area contributed by atoms with Crippen molar-refractivity contribution in [3.05, 3.63) is 84.2 Å². The maximum absolute atomic E-state index is 14.0. The monoisotopic (exact) mass is 569 g/mol. The van der Waals surface area contributed by atoms with Gasteiger partial charge in [-0.1, -0.05) is 37.3 Å². The van der Waals surface area contributed by atoms with Crippen molar-refractivity contribution >= 4 is 27.5 Å². The van der Waals surface area contributed by atoms with Crippen molar-refractivity contribution in [2.45, 2.75) is 37.8 Å². The number of amides is 2. The van der Waals surface area contributed by atoms with Crippen LogP contribution >= 0.6 is 0 Å². The highest BCUT2D eigenvalue weighted by Crippen LogP contribution is 2.34. The second-order valence-corrected chi connectivity index (χ2v) is 11.0. The lowest BCUT2D eigenvalue weighted by Crippen LogP contribution is -2.52. The van der Waals surface area contributed by atoms with Crippen molar-refractivity contribution in [1.82, 2.24) is 10.2 Å². The molecule has 0 radical (unpaired) electrons. The largest absolute Gasteiger partial charge is 0.486 e. The van der Waals surface area contributed by atoms with Crippen LogP contribution < -0.4 is 19.1 Å². The van der Waals surface area contributed by atoms with E-state index in [2.05, 4.69) is 5.32 Å². The molecule has 2 amide bonds. The number of fused-ring (bicyclic) bond motifs is 1. The van der Waals surface area contributed by atoms with Gasteiger partial charge in [0, 0.05) is 19.2 Å². The Balaban J connectivity index is 1.73. The van der Waals surface area contributed by atoms with E-state index in [0.717, 1.165) is 22.0 Å². The van der Waals surface area contributed by atoms with Gasteiger partial charge in [-0.3, -0.25) is 13.9 Å². The van der Waals surface area contributed by atoms with Crippen LogP contribution in [0.5, 0.6) is 11.5 Å². The van der Waals surface area contributed by atoms with E-state index in [9.17, 15) is 22.4 Å². The summed E-state index contributed by atoms with van der Waals surface area (Å²) >= 11 is 0. The summed E-state index contributed by atoms with van der Waals surface area (Å²) in [4.78, 5) is 28.2. The molecule has 0 saturated heterocycles. The molecule has 0 aliphatic carbocycles. The fourth-order valence-corrected chi connectivity index (χ4v) is 5.87. The molecular formula is C29H32FN3O6S. The SMILES string of the molecule is CCNC(=O)[C@H](CC)N(Cc1ccccc1)C(=O)CN(c1ccc(F)cc1)S(=O)(=O)c1ccc2c(c1)OCCO2. The molecular weight excluding hydrogens is 537 g/mol. The third-order valence-corrected chi connectivity index (χ3v) is 8.20. The van der Waals surface area contributed by atoms with Gasteiger partial charge in [-0.2, -0.15) is 0 Å². The summed E-state index contributed by atoms with van der Waals surface area (Å²) < 4.78 is 53.7. The first-order chi connectivity index (χ1) is 19.2. The summed E-state index contributed by atoms with van der Waals surface area (Å²) in [5.41, 5.74) is 0.872. The lowest BCUT2D eigenvalue weighted by atomic mass is 10.1. The molecule has 3 aromatic carbocycles. The molecule has 1 atom stereocenters. The number of sulfonamides is 1. The van der Waals surface area contributed by atoms with Gasteiger partial charge in [0.25, 0.3) is 10.0 Å². The van der Waals surface area contributed by atoms with Crippen LogP contribution in [0, 0.1) is 5.82 Å². The van der Waals surface area contributed by atoms with Crippen LogP contribution in [0.1, 0.15) is 25.8 Å². The average Bonchev–Trinajstić information content (AvgIpc) is 2.96. The molecule has 1 N–H and O–H groups in total. The highest BCUT2D eigenvalue weighted by atomic mass is 32.2. The molecule has 0 spiro atoms. The Kier molecular flexibility index (Phi) is 9.26. The molecule has 1 aliphatic rings. The molecule has 0 aromatic heterocycles. The zero-order valence-electron chi connectivity index (χ0n) is 22.4. The number of anilines is 1. The first kappa shape index (κ1) is 28.9. The molecule has 1 heterocycles. The number of likely N-dealkylation sites (N-methyl/N-ethyl adjacent to an activating group) is 1. The number of rotatable bonds is 11. The Bertz CT molecular complexity index is 1430. The Morgan fingerprint density at radius 3 is 2.27 bits per heavy atom. The van der Waals surface area contributed by atoms with Gasteiger partial charge in [0.05, 0.1) is 10.6 Å². The van der Waals surface area contributed by atoms with Crippen LogP contribution in [0.3, 0.4) is 0 Å². The van der Waals surface area contributed by atoms with Gasteiger partial charge < -0.3 is 19.7 Å². The molecule has 0 saturated carbocycles. The first-order valence-corrected chi connectivity index (χ1v) is 14.5. The van der Waals surface area contributed by atoms with E-state index in [-0.39, 0.29) is 35.4 Å². The van der Waals surface area contributed by atoms with Crippen LogP contribution in [0.4, 0.5) is 10.1 Å². The Labute approximate surface area is 233 Å². The second-order valence-electron chi connectivity index (χ2n) is 9.12. The molecule has 0 fully saturated rings. The second kappa shape index (κ2) is 12.8. The van der Waals surface area contributed by atoms with E-state index in [1.807, 2.05) is 30.3 Å². The molecule has 3 aromatic rings. The number of ether oxygens (including phenoxy) is 2. The summed E-state index contributed by atoms with van der Waals surface area (Å²) in [6, 6.07) is 17.3. The highest BCUT2D eigenvalue weighted by Gasteiger charge is 2.34. The number of nitrogens with one attached hydrogen (secondary N) is 1. The molecule has 1 aliphatic heterocycles. The normalized spacial score (nSPS) is 13.3. The fraction of sp³-hybridized carbons (Fsp3) is 0.310. The molecule has 0 unspecified atom stereocenters. The Hall–Kier alpha value is -4.12. The average molecular weight is 570 g/mol. The topological polar surface area (TPSA) is 105 Å². The minimum atomic E-state index is -4.34. The molecule has 9 nitrogen and oxygen atoms in total. The lowest BCUT2D eigenvalue weighted by Gasteiger charge is -2.33. The van der Waals surface area contributed by atoms with Crippen LogP contribution in [-0.4, -0.2) is 57.5 Å². The number of hydrogen-bond donors (Lipinski definition) is 1. The minimum Gasteiger partial charge on any atom is -0.486 e. The van der Waals surface area contributed by atoms with Gasteiger partial charge in [0.2, 0.25) is 11.8 Å². The molecule has 4 rings (SSSR count). The van der Waals surface area contributed by atoms with Crippen LogP contribution in [0.15, 0.2) is 77.7 Å². The molecule has 0 bridgehead atoms. The van der Waals surface area contributed by atoms with E-state index < -0.39 is 34.3 Å². The van der Waals surface area contributed by atoms with E-state index in [1.54, 1.807) is 13.8 Å². The number of nitrogens with zero attached hydrogens (tertiary/aromatic N) is 2.